The summed E-state index contributed by atoms with van der Waals surface area (Å²) in [5.41, 5.74) is 3.91. The Morgan fingerprint density at radius 2 is 1.67 bits per heavy atom. The molecule has 0 atom stereocenters. The number of carbonyl (C=O) groups is 1. The molecular formula is C24H19FO2. The van der Waals surface area contributed by atoms with Crippen molar-refractivity contribution in [2.24, 2.45) is 0 Å². The number of rotatable bonds is 3. The Morgan fingerprint density at radius 1 is 0.889 bits per heavy atom. The minimum absolute atomic E-state index is 0.239. The predicted molar refractivity (Wildman–Crippen MR) is 105 cm³/mol. The van der Waals surface area contributed by atoms with E-state index in [1.807, 2.05) is 48.5 Å². The molecule has 0 bridgehead atoms. The predicted octanol–water partition coefficient (Wildman–Crippen LogP) is 6.03. The van der Waals surface area contributed by atoms with E-state index in [1.54, 1.807) is 24.3 Å². The normalized spacial score (nSPS) is 13.3. The Morgan fingerprint density at radius 3 is 2.48 bits per heavy atom. The fraction of sp³-hybridized carbons (Fsp3) is 0.125. The first-order valence-electron chi connectivity index (χ1n) is 9.08. The summed E-state index contributed by atoms with van der Waals surface area (Å²) in [7, 11) is 0. The van der Waals surface area contributed by atoms with Gasteiger partial charge in [-0.15, -0.1) is 0 Å². The molecule has 0 saturated heterocycles. The van der Waals surface area contributed by atoms with E-state index in [4.69, 9.17) is 4.74 Å². The van der Waals surface area contributed by atoms with Crippen LogP contribution in [-0.2, 0) is 11.2 Å². The number of fused-ring (bicyclic) bond motifs is 1. The summed E-state index contributed by atoms with van der Waals surface area (Å²) in [5, 5.41) is 0. The number of hydrogen-bond donors (Lipinski definition) is 0. The maximum Gasteiger partial charge on any atom is 0.343 e. The molecule has 3 aromatic carbocycles. The summed E-state index contributed by atoms with van der Waals surface area (Å²) >= 11 is 0. The minimum Gasteiger partial charge on any atom is -0.423 e. The third-order valence-corrected chi connectivity index (χ3v) is 4.75. The van der Waals surface area contributed by atoms with Crippen molar-refractivity contribution < 1.29 is 13.9 Å². The second-order valence-corrected chi connectivity index (χ2v) is 6.57. The summed E-state index contributed by atoms with van der Waals surface area (Å²) in [4.78, 5) is 12.5. The van der Waals surface area contributed by atoms with Gasteiger partial charge in [0.2, 0.25) is 0 Å². The molecule has 134 valence electrons. The molecule has 0 aromatic heterocycles. The molecule has 1 aliphatic rings. The standard InChI is InChI=1S/C24H19FO2/c25-22-12-6-5-11-20(22)19-14-15-21-18(16-19)10-4-7-13-23(21)27-24(26)17-8-2-1-3-9-17/h1-3,5-6,8-9,11-16H,4,7,10H2. The molecule has 4 rings (SSSR count). The summed E-state index contributed by atoms with van der Waals surface area (Å²) < 4.78 is 19.8. The van der Waals surface area contributed by atoms with Crippen LogP contribution in [0.25, 0.3) is 16.9 Å². The fourth-order valence-corrected chi connectivity index (χ4v) is 3.37. The Balaban J connectivity index is 1.66. The first kappa shape index (κ1) is 17.2. The van der Waals surface area contributed by atoms with Gasteiger partial charge < -0.3 is 4.74 Å². The average Bonchev–Trinajstić information content (AvgIpc) is 2.91. The molecule has 0 fully saturated rings. The topological polar surface area (TPSA) is 26.3 Å². The Hall–Kier alpha value is -3.20. The van der Waals surface area contributed by atoms with Crippen LogP contribution < -0.4 is 0 Å². The van der Waals surface area contributed by atoms with Crippen LogP contribution >= 0.6 is 0 Å². The van der Waals surface area contributed by atoms with Gasteiger partial charge in [0, 0.05) is 11.1 Å². The lowest BCUT2D eigenvalue weighted by molar-refractivity contribution is 0.0691. The minimum atomic E-state index is -0.368. The second kappa shape index (κ2) is 7.58. The molecule has 0 radical (unpaired) electrons. The molecule has 1 aliphatic carbocycles. The molecule has 0 amide bonds. The monoisotopic (exact) mass is 358 g/mol. The number of hydrogen-bond acceptors (Lipinski definition) is 2. The number of esters is 1. The van der Waals surface area contributed by atoms with Crippen molar-refractivity contribution in [1.29, 1.82) is 0 Å². The molecule has 0 spiro atoms. The van der Waals surface area contributed by atoms with E-state index >= 15 is 0 Å². The van der Waals surface area contributed by atoms with E-state index in [2.05, 4.69) is 0 Å². The molecule has 27 heavy (non-hydrogen) atoms. The largest absolute Gasteiger partial charge is 0.423 e. The molecule has 0 unspecified atom stereocenters. The maximum absolute atomic E-state index is 14.1. The Bertz CT molecular complexity index is 1010. The number of benzene rings is 3. The van der Waals surface area contributed by atoms with Gasteiger partial charge in [-0.3, -0.25) is 0 Å². The quantitative estimate of drug-likeness (QED) is 0.535. The first-order chi connectivity index (χ1) is 13.2. The number of ether oxygens (including phenoxy) is 1. The first-order valence-corrected chi connectivity index (χ1v) is 9.08. The zero-order valence-corrected chi connectivity index (χ0v) is 14.8. The van der Waals surface area contributed by atoms with Gasteiger partial charge in [0.25, 0.3) is 0 Å². The van der Waals surface area contributed by atoms with Gasteiger partial charge in [-0.1, -0.05) is 54.6 Å². The molecule has 0 aliphatic heterocycles. The zero-order chi connectivity index (χ0) is 18.6. The number of carbonyl (C=O) groups excluding carboxylic acids is 1. The zero-order valence-electron chi connectivity index (χ0n) is 14.8. The fourth-order valence-electron chi connectivity index (χ4n) is 3.37. The molecule has 3 aromatic rings. The second-order valence-electron chi connectivity index (χ2n) is 6.57. The summed E-state index contributed by atoms with van der Waals surface area (Å²) in [6.07, 6.45) is 4.62. The molecule has 3 heteroatoms. The van der Waals surface area contributed by atoms with Crippen molar-refractivity contribution in [3.05, 3.63) is 101 Å². The van der Waals surface area contributed by atoms with Gasteiger partial charge in [-0.05, 0) is 54.7 Å². The lowest BCUT2D eigenvalue weighted by Crippen LogP contribution is -2.05. The lowest BCUT2D eigenvalue weighted by atomic mass is 9.96. The van der Waals surface area contributed by atoms with Gasteiger partial charge in [0.1, 0.15) is 11.6 Å². The van der Waals surface area contributed by atoms with Crippen LogP contribution in [0.2, 0.25) is 0 Å². The summed E-state index contributed by atoms with van der Waals surface area (Å²) in [6, 6.07) is 21.5. The van der Waals surface area contributed by atoms with Crippen LogP contribution in [0.15, 0.2) is 78.9 Å². The van der Waals surface area contributed by atoms with Gasteiger partial charge >= 0.3 is 5.97 Å². The van der Waals surface area contributed by atoms with Crippen LogP contribution in [0.1, 0.15) is 34.3 Å². The van der Waals surface area contributed by atoms with Crippen molar-refractivity contribution in [3.8, 4) is 11.1 Å². The van der Waals surface area contributed by atoms with Crippen molar-refractivity contribution in [1.82, 2.24) is 0 Å². The van der Waals surface area contributed by atoms with E-state index < -0.39 is 0 Å². The Kier molecular flexibility index (Phi) is 4.84. The van der Waals surface area contributed by atoms with Crippen LogP contribution in [0.5, 0.6) is 0 Å². The molecule has 0 saturated carbocycles. The van der Waals surface area contributed by atoms with E-state index in [1.165, 1.54) is 6.07 Å². The number of allylic oxidation sites excluding steroid dienone is 1. The van der Waals surface area contributed by atoms with Crippen molar-refractivity contribution in [2.45, 2.75) is 19.3 Å². The number of halogens is 1. The smallest absolute Gasteiger partial charge is 0.343 e. The highest BCUT2D eigenvalue weighted by atomic mass is 19.1. The van der Waals surface area contributed by atoms with E-state index in [-0.39, 0.29) is 11.8 Å². The van der Waals surface area contributed by atoms with E-state index in [9.17, 15) is 9.18 Å². The van der Waals surface area contributed by atoms with E-state index in [0.717, 1.165) is 36.0 Å². The lowest BCUT2D eigenvalue weighted by Gasteiger charge is -2.13. The van der Waals surface area contributed by atoms with Crippen LogP contribution in [-0.4, -0.2) is 5.97 Å². The summed E-state index contributed by atoms with van der Waals surface area (Å²) in [5.74, 6) is -0.0262. The molecule has 2 nitrogen and oxygen atoms in total. The van der Waals surface area contributed by atoms with Gasteiger partial charge in [0.05, 0.1) is 5.56 Å². The third kappa shape index (κ3) is 3.68. The highest BCUT2D eigenvalue weighted by Gasteiger charge is 2.18. The Labute approximate surface area is 157 Å². The average molecular weight is 358 g/mol. The molecule has 0 heterocycles. The van der Waals surface area contributed by atoms with Crippen LogP contribution in [0.4, 0.5) is 4.39 Å². The third-order valence-electron chi connectivity index (χ3n) is 4.75. The van der Waals surface area contributed by atoms with E-state index in [0.29, 0.717) is 16.9 Å². The SMILES string of the molecule is O=C(OC1=CCCCc2cc(-c3ccccc3F)ccc21)c1ccccc1. The highest BCUT2D eigenvalue weighted by Crippen LogP contribution is 2.32. The van der Waals surface area contributed by atoms with Crippen molar-refractivity contribution >= 4 is 11.7 Å². The molecule has 0 N–H and O–H groups in total. The van der Waals surface area contributed by atoms with Crippen LogP contribution in [0, 0.1) is 5.82 Å². The van der Waals surface area contributed by atoms with Crippen molar-refractivity contribution in [3.63, 3.8) is 0 Å². The summed E-state index contributed by atoms with van der Waals surface area (Å²) in [6.45, 7) is 0. The maximum atomic E-state index is 14.1. The molecular weight excluding hydrogens is 339 g/mol. The van der Waals surface area contributed by atoms with Crippen LogP contribution in [0.3, 0.4) is 0 Å². The van der Waals surface area contributed by atoms with Gasteiger partial charge in [0.15, 0.2) is 0 Å². The highest BCUT2D eigenvalue weighted by molar-refractivity contribution is 5.93. The van der Waals surface area contributed by atoms with Crippen molar-refractivity contribution in [2.75, 3.05) is 0 Å². The van der Waals surface area contributed by atoms with Gasteiger partial charge in [-0.25, -0.2) is 9.18 Å². The number of aryl methyl sites for hydroxylation is 1. The van der Waals surface area contributed by atoms with Gasteiger partial charge in [-0.2, -0.15) is 0 Å².